The van der Waals surface area contributed by atoms with E-state index in [0.717, 1.165) is 6.42 Å². The molecule has 1 aliphatic rings. The molecule has 98 valence electrons. The molecule has 0 radical (unpaired) electrons. The zero-order chi connectivity index (χ0) is 13.1. The van der Waals surface area contributed by atoms with Gasteiger partial charge in [0.2, 0.25) is 0 Å². The predicted molar refractivity (Wildman–Crippen MR) is 71.1 cm³/mol. The van der Waals surface area contributed by atoms with Crippen LogP contribution < -0.4 is 10.5 Å². The molecule has 18 heavy (non-hydrogen) atoms. The molecule has 0 aliphatic carbocycles. The van der Waals surface area contributed by atoms with Crippen molar-refractivity contribution in [1.29, 1.82) is 0 Å². The van der Waals surface area contributed by atoms with E-state index < -0.39 is 0 Å². The normalized spacial score (nSPS) is 19.1. The van der Waals surface area contributed by atoms with E-state index in [9.17, 15) is 4.79 Å². The summed E-state index contributed by atoms with van der Waals surface area (Å²) in [6.45, 7) is 1.29. The van der Waals surface area contributed by atoms with Crippen LogP contribution in [-0.4, -0.2) is 36.5 Å². The van der Waals surface area contributed by atoms with Crippen molar-refractivity contribution in [3.05, 3.63) is 28.2 Å². The maximum Gasteiger partial charge on any atom is 0.260 e. The number of nitrogens with two attached hydrogens (primary N) is 1. The number of halogens is 2. The van der Waals surface area contributed by atoms with E-state index in [1.807, 2.05) is 0 Å². The van der Waals surface area contributed by atoms with Gasteiger partial charge in [0, 0.05) is 25.2 Å². The summed E-state index contributed by atoms with van der Waals surface area (Å²) in [6.07, 6.45) is 0.846. The fraction of sp³-hybridized carbons (Fsp3) is 0.417. The number of likely N-dealkylation sites (tertiary alicyclic amines) is 1. The number of ether oxygens (including phenoxy) is 1. The molecule has 0 saturated carbocycles. The fourth-order valence-corrected chi connectivity index (χ4v) is 2.10. The van der Waals surface area contributed by atoms with E-state index >= 15 is 0 Å². The van der Waals surface area contributed by atoms with E-state index in [1.165, 1.54) is 0 Å². The summed E-state index contributed by atoms with van der Waals surface area (Å²) in [5.74, 6) is 0.468. The molecule has 1 aromatic rings. The standard InChI is InChI=1S/C12H14Cl2N2O2/c13-10-2-1-9(5-11(10)14)18-7-12(17)16-4-3-8(15)6-16/h1-2,5,8H,3-4,6-7,15H2/t8-/m1/s1. The Bertz CT molecular complexity index is 454. The van der Waals surface area contributed by atoms with Crippen molar-refractivity contribution in [3.63, 3.8) is 0 Å². The van der Waals surface area contributed by atoms with Crippen LogP contribution in [0, 0.1) is 0 Å². The van der Waals surface area contributed by atoms with E-state index in [0.29, 0.717) is 28.9 Å². The predicted octanol–water partition coefficient (Wildman–Crippen LogP) is 1.93. The van der Waals surface area contributed by atoms with Crippen LogP contribution in [-0.2, 0) is 4.79 Å². The minimum atomic E-state index is -0.0611. The third kappa shape index (κ3) is 3.28. The molecule has 1 fully saturated rings. The first-order valence-electron chi connectivity index (χ1n) is 5.67. The first-order valence-corrected chi connectivity index (χ1v) is 6.43. The SMILES string of the molecule is N[C@@H]1CCN(C(=O)COc2ccc(Cl)c(Cl)c2)C1. The monoisotopic (exact) mass is 288 g/mol. The van der Waals surface area contributed by atoms with Gasteiger partial charge in [0.1, 0.15) is 5.75 Å². The van der Waals surface area contributed by atoms with Crippen LogP contribution in [0.2, 0.25) is 10.0 Å². The van der Waals surface area contributed by atoms with Gasteiger partial charge < -0.3 is 15.4 Å². The first kappa shape index (κ1) is 13.5. The third-order valence-corrected chi connectivity index (χ3v) is 3.57. The lowest BCUT2D eigenvalue weighted by molar-refractivity contribution is -0.132. The molecule has 0 aromatic heterocycles. The summed E-state index contributed by atoms with van der Waals surface area (Å²) in [5.41, 5.74) is 5.74. The number of hydrogen-bond donors (Lipinski definition) is 1. The van der Waals surface area contributed by atoms with Crippen molar-refractivity contribution < 1.29 is 9.53 Å². The fourth-order valence-electron chi connectivity index (χ4n) is 1.82. The molecule has 4 nitrogen and oxygen atoms in total. The number of benzene rings is 1. The molecule has 0 unspecified atom stereocenters. The van der Waals surface area contributed by atoms with Gasteiger partial charge in [-0.15, -0.1) is 0 Å². The van der Waals surface area contributed by atoms with Gasteiger partial charge in [-0.2, -0.15) is 0 Å². The molecule has 2 N–H and O–H groups in total. The summed E-state index contributed by atoms with van der Waals surface area (Å²) >= 11 is 11.6. The molecule has 1 saturated heterocycles. The molecular weight excluding hydrogens is 275 g/mol. The Morgan fingerprint density at radius 1 is 1.44 bits per heavy atom. The number of amides is 1. The molecule has 1 atom stereocenters. The number of hydrogen-bond acceptors (Lipinski definition) is 3. The zero-order valence-corrected chi connectivity index (χ0v) is 11.2. The summed E-state index contributed by atoms with van der Waals surface area (Å²) in [4.78, 5) is 13.5. The Balaban J connectivity index is 1.87. The van der Waals surface area contributed by atoms with Crippen molar-refractivity contribution in [1.82, 2.24) is 4.90 Å². The summed E-state index contributed by atoms with van der Waals surface area (Å²) in [5, 5.41) is 0.866. The van der Waals surface area contributed by atoms with Crippen molar-refractivity contribution >= 4 is 29.1 Å². The Labute approximate surface area is 116 Å². The third-order valence-electron chi connectivity index (χ3n) is 2.83. The second-order valence-corrected chi connectivity index (χ2v) is 5.07. The van der Waals surface area contributed by atoms with Crippen molar-refractivity contribution in [2.75, 3.05) is 19.7 Å². The Kier molecular flexibility index (Phi) is 4.32. The van der Waals surface area contributed by atoms with E-state index in [-0.39, 0.29) is 18.6 Å². The van der Waals surface area contributed by atoms with Gasteiger partial charge in [-0.05, 0) is 18.6 Å². The van der Waals surface area contributed by atoms with Gasteiger partial charge in [0.25, 0.3) is 5.91 Å². The van der Waals surface area contributed by atoms with E-state index in [4.69, 9.17) is 33.7 Å². The molecule has 1 aromatic carbocycles. The van der Waals surface area contributed by atoms with Crippen LogP contribution >= 0.6 is 23.2 Å². The highest BCUT2D eigenvalue weighted by atomic mass is 35.5. The van der Waals surface area contributed by atoms with Crippen molar-refractivity contribution in [2.24, 2.45) is 5.73 Å². The highest BCUT2D eigenvalue weighted by Gasteiger charge is 2.23. The topological polar surface area (TPSA) is 55.6 Å². The molecule has 1 aliphatic heterocycles. The Hall–Kier alpha value is -0.970. The van der Waals surface area contributed by atoms with Crippen molar-refractivity contribution in [2.45, 2.75) is 12.5 Å². The van der Waals surface area contributed by atoms with Crippen LogP contribution in [0.5, 0.6) is 5.75 Å². The minimum Gasteiger partial charge on any atom is -0.484 e. The molecule has 1 amide bonds. The van der Waals surface area contributed by atoms with Gasteiger partial charge in [-0.1, -0.05) is 23.2 Å². The van der Waals surface area contributed by atoms with E-state index in [2.05, 4.69) is 0 Å². The van der Waals surface area contributed by atoms with Gasteiger partial charge in [0.05, 0.1) is 10.0 Å². The lowest BCUT2D eigenvalue weighted by Gasteiger charge is -2.16. The second kappa shape index (κ2) is 5.78. The summed E-state index contributed by atoms with van der Waals surface area (Å²) < 4.78 is 5.38. The van der Waals surface area contributed by atoms with Gasteiger partial charge in [-0.25, -0.2) is 0 Å². The number of carbonyl (C=O) groups excluding carboxylic acids is 1. The highest BCUT2D eigenvalue weighted by molar-refractivity contribution is 6.42. The number of carbonyl (C=O) groups is 1. The smallest absolute Gasteiger partial charge is 0.260 e. The lowest BCUT2D eigenvalue weighted by atomic mass is 10.3. The zero-order valence-electron chi connectivity index (χ0n) is 9.73. The largest absolute Gasteiger partial charge is 0.484 e. The maximum absolute atomic E-state index is 11.8. The Morgan fingerprint density at radius 3 is 2.83 bits per heavy atom. The molecule has 2 rings (SSSR count). The van der Waals surface area contributed by atoms with Gasteiger partial charge in [0.15, 0.2) is 6.61 Å². The van der Waals surface area contributed by atoms with Crippen LogP contribution in [0.4, 0.5) is 0 Å². The quantitative estimate of drug-likeness (QED) is 0.925. The van der Waals surface area contributed by atoms with Crippen LogP contribution in [0.3, 0.4) is 0 Å². The maximum atomic E-state index is 11.8. The molecule has 1 heterocycles. The number of nitrogens with zero attached hydrogens (tertiary/aromatic N) is 1. The van der Waals surface area contributed by atoms with E-state index in [1.54, 1.807) is 23.1 Å². The van der Waals surface area contributed by atoms with Crippen LogP contribution in [0.25, 0.3) is 0 Å². The first-order chi connectivity index (χ1) is 8.56. The van der Waals surface area contributed by atoms with Gasteiger partial charge >= 0.3 is 0 Å². The molecule has 6 heteroatoms. The van der Waals surface area contributed by atoms with Crippen LogP contribution in [0.15, 0.2) is 18.2 Å². The molecule has 0 bridgehead atoms. The minimum absolute atomic E-state index is 0.00924. The number of rotatable bonds is 3. The Morgan fingerprint density at radius 2 is 2.22 bits per heavy atom. The molecular formula is C12H14Cl2N2O2. The van der Waals surface area contributed by atoms with Crippen LogP contribution in [0.1, 0.15) is 6.42 Å². The van der Waals surface area contributed by atoms with Gasteiger partial charge in [-0.3, -0.25) is 4.79 Å². The van der Waals surface area contributed by atoms with Crippen molar-refractivity contribution in [3.8, 4) is 5.75 Å². The second-order valence-electron chi connectivity index (χ2n) is 4.25. The average Bonchev–Trinajstić information content (AvgIpc) is 2.77. The summed E-state index contributed by atoms with van der Waals surface area (Å²) in [7, 11) is 0. The lowest BCUT2D eigenvalue weighted by Crippen LogP contribution is -2.35. The summed E-state index contributed by atoms with van der Waals surface area (Å²) in [6, 6.07) is 4.98. The average molecular weight is 289 g/mol. The highest BCUT2D eigenvalue weighted by Crippen LogP contribution is 2.26. The molecule has 0 spiro atoms.